The molecular weight excluding hydrogens is 262 g/mol. The summed E-state index contributed by atoms with van der Waals surface area (Å²) in [7, 11) is 0. The van der Waals surface area contributed by atoms with Gasteiger partial charge in [-0.15, -0.1) is 6.42 Å². The molecule has 2 atom stereocenters. The van der Waals surface area contributed by atoms with Crippen molar-refractivity contribution in [3.63, 3.8) is 0 Å². The van der Waals surface area contributed by atoms with E-state index in [1.165, 1.54) is 0 Å². The fraction of sp³-hybridized carbons (Fsp3) is 0.529. The predicted molar refractivity (Wildman–Crippen MR) is 82.0 cm³/mol. The number of nitrogens with one attached hydrogen (secondary N) is 1. The Morgan fingerprint density at radius 2 is 2.29 bits per heavy atom. The van der Waals surface area contributed by atoms with Gasteiger partial charge in [-0.05, 0) is 36.5 Å². The first-order valence-electron chi connectivity index (χ1n) is 7.36. The average molecular weight is 283 g/mol. The maximum absolute atomic E-state index is 12.6. The second-order valence-electron chi connectivity index (χ2n) is 5.80. The summed E-state index contributed by atoms with van der Waals surface area (Å²) in [5, 5.41) is 0. The summed E-state index contributed by atoms with van der Waals surface area (Å²) >= 11 is 0. The number of amides is 1. The van der Waals surface area contributed by atoms with Crippen molar-refractivity contribution in [3.05, 3.63) is 17.7 Å². The number of rotatable bonds is 3. The second-order valence-corrected chi connectivity index (χ2v) is 5.80. The largest absolute Gasteiger partial charge is 0.334 e. The summed E-state index contributed by atoms with van der Waals surface area (Å²) in [6.07, 6.45) is 8.73. The minimum absolute atomic E-state index is 0.0279. The molecule has 2 heterocycles. The Labute approximate surface area is 126 Å². The van der Waals surface area contributed by atoms with E-state index in [1.807, 2.05) is 11.8 Å². The van der Waals surface area contributed by atoms with Gasteiger partial charge in [0, 0.05) is 12.5 Å². The lowest BCUT2D eigenvalue weighted by molar-refractivity contribution is -0.137. The Bertz CT molecular complexity index is 612. The highest BCUT2D eigenvalue weighted by Crippen LogP contribution is 2.32. The first kappa shape index (κ1) is 15.2. The minimum atomic E-state index is 0.0279. The zero-order chi connectivity index (χ0) is 15.4. The van der Waals surface area contributed by atoms with Crippen LogP contribution in [0.5, 0.6) is 0 Å². The molecular formula is C17H21N3O. The van der Waals surface area contributed by atoms with E-state index in [-0.39, 0.29) is 17.9 Å². The lowest BCUT2D eigenvalue weighted by atomic mass is 9.96. The summed E-state index contributed by atoms with van der Waals surface area (Å²) in [5.74, 6) is 9.03. The maximum Gasteiger partial charge on any atom is 0.226 e. The number of aromatic nitrogens is 2. The van der Waals surface area contributed by atoms with Gasteiger partial charge >= 0.3 is 0 Å². The van der Waals surface area contributed by atoms with Crippen LogP contribution in [-0.4, -0.2) is 27.3 Å². The predicted octanol–water partition coefficient (Wildman–Crippen LogP) is 2.35. The van der Waals surface area contributed by atoms with Gasteiger partial charge in [-0.1, -0.05) is 20.8 Å². The molecule has 1 amide bonds. The second kappa shape index (κ2) is 6.50. The van der Waals surface area contributed by atoms with Crippen molar-refractivity contribution in [2.45, 2.75) is 39.7 Å². The van der Waals surface area contributed by atoms with E-state index in [0.717, 1.165) is 25.2 Å². The standard InChI is InChI=1S/C17H21N3O/c1-5-6-8-14-11-18-16(19-14)15-9-7-10-20(15)17(21)13(4)12(2)3/h1,11-13,15H,7,9-10H2,2-4H3,(H,18,19)/t13-,15-/m0/s1. The number of hydrogen-bond acceptors (Lipinski definition) is 2. The van der Waals surface area contributed by atoms with Crippen LogP contribution < -0.4 is 0 Å². The highest BCUT2D eigenvalue weighted by Gasteiger charge is 2.34. The highest BCUT2D eigenvalue weighted by molar-refractivity contribution is 5.79. The molecule has 4 heteroatoms. The molecule has 0 saturated carbocycles. The molecule has 4 nitrogen and oxygen atoms in total. The van der Waals surface area contributed by atoms with Crippen LogP contribution in [0.15, 0.2) is 6.20 Å². The van der Waals surface area contributed by atoms with Crippen LogP contribution in [0, 0.1) is 36.0 Å². The smallest absolute Gasteiger partial charge is 0.226 e. The molecule has 1 aliphatic rings. The van der Waals surface area contributed by atoms with Gasteiger partial charge in [0.2, 0.25) is 5.91 Å². The van der Waals surface area contributed by atoms with E-state index in [0.29, 0.717) is 11.6 Å². The Balaban J connectivity index is 2.17. The van der Waals surface area contributed by atoms with Crippen LogP contribution in [0.1, 0.15) is 51.2 Å². The van der Waals surface area contributed by atoms with Gasteiger partial charge < -0.3 is 9.88 Å². The number of hydrogen-bond donors (Lipinski definition) is 1. The third-order valence-electron chi connectivity index (χ3n) is 4.11. The monoisotopic (exact) mass is 283 g/mol. The maximum atomic E-state index is 12.6. The van der Waals surface area contributed by atoms with Gasteiger partial charge in [-0.3, -0.25) is 4.79 Å². The normalized spacial score (nSPS) is 19.0. The van der Waals surface area contributed by atoms with Gasteiger partial charge in [0.05, 0.1) is 12.2 Å². The van der Waals surface area contributed by atoms with Crippen LogP contribution in [0.25, 0.3) is 0 Å². The highest BCUT2D eigenvalue weighted by atomic mass is 16.2. The van der Waals surface area contributed by atoms with Crippen LogP contribution in [0.3, 0.4) is 0 Å². The first-order chi connectivity index (χ1) is 10.0. The number of likely N-dealkylation sites (tertiary alicyclic amines) is 1. The molecule has 0 radical (unpaired) electrons. The molecule has 21 heavy (non-hydrogen) atoms. The van der Waals surface area contributed by atoms with Crippen molar-refractivity contribution < 1.29 is 4.79 Å². The van der Waals surface area contributed by atoms with Crippen molar-refractivity contribution in [3.8, 4) is 24.2 Å². The van der Waals surface area contributed by atoms with E-state index >= 15 is 0 Å². The lowest BCUT2D eigenvalue weighted by Gasteiger charge is -2.27. The lowest BCUT2D eigenvalue weighted by Crippen LogP contribution is -2.36. The molecule has 1 saturated heterocycles. The van der Waals surface area contributed by atoms with E-state index in [1.54, 1.807) is 6.20 Å². The molecule has 1 fully saturated rings. The molecule has 0 aromatic carbocycles. The third-order valence-corrected chi connectivity index (χ3v) is 4.11. The quantitative estimate of drug-likeness (QED) is 0.866. The molecule has 1 aliphatic heterocycles. The number of aromatic amines is 1. The Kier molecular flexibility index (Phi) is 4.70. The number of carbonyl (C=O) groups excluding carboxylic acids is 1. The molecule has 0 unspecified atom stereocenters. The molecule has 110 valence electrons. The van der Waals surface area contributed by atoms with Gasteiger partial charge in [0.25, 0.3) is 0 Å². The van der Waals surface area contributed by atoms with Crippen molar-refractivity contribution >= 4 is 5.91 Å². The van der Waals surface area contributed by atoms with E-state index < -0.39 is 0 Å². The number of H-pyrrole nitrogens is 1. The van der Waals surface area contributed by atoms with Crippen molar-refractivity contribution in [2.24, 2.45) is 11.8 Å². The van der Waals surface area contributed by atoms with Gasteiger partial charge in [0.1, 0.15) is 11.5 Å². The Morgan fingerprint density at radius 1 is 1.52 bits per heavy atom. The van der Waals surface area contributed by atoms with E-state index in [9.17, 15) is 4.79 Å². The summed E-state index contributed by atoms with van der Waals surface area (Å²) in [6, 6.07) is 0.0279. The summed E-state index contributed by atoms with van der Waals surface area (Å²) in [6.45, 7) is 6.95. The molecule has 0 aliphatic carbocycles. The number of carbonyl (C=O) groups is 1. The fourth-order valence-electron chi connectivity index (χ4n) is 2.53. The molecule has 0 spiro atoms. The summed E-state index contributed by atoms with van der Waals surface area (Å²) < 4.78 is 0. The van der Waals surface area contributed by atoms with Crippen LogP contribution >= 0.6 is 0 Å². The third kappa shape index (κ3) is 3.28. The van der Waals surface area contributed by atoms with Crippen molar-refractivity contribution in [1.29, 1.82) is 0 Å². The number of nitrogens with zero attached hydrogens (tertiary/aromatic N) is 2. The van der Waals surface area contributed by atoms with E-state index in [4.69, 9.17) is 6.42 Å². The molecule has 0 bridgehead atoms. The number of imidazole rings is 1. The summed E-state index contributed by atoms with van der Waals surface area (Å²) in [4.78, 5) is 22.1. The van der Waals surface area contributed by atoms with Crippen LogP contribution in [-0.2, 0) is 4.79 Å². The molecule has 1 N–H and O–H groups in total. The number of terminal acetylenes is 1. The van der Waals surface area contributed by atoms with Gasteiger partial charge in [0.15, 0.2) is 0 Å². The minimum Gasteiger partial charge on any atom is -0.334 e. The van der Waals surface area contributed by atoms with Crippen LogP contribution in [0.2, 0.25) is 0 Å². The van der Waals surface area contributed by atoms with E-state index in [2.05, 4.69) is 41.6 Å². The Hall–Kier alpha value is -2.20. The first-order valence-corrected chi connectivity index (χ1v) is 7.36. The van der Waals surface area contributed by atoms with Gasteiger partial charge in [-0.2, -0.15) is 0 Å². The van der Waals surface area contributed by atoms with Crippen molar-refractivity contribution in [2.75, 3.05) is 6.54 Å². The van der Waals surface area contributed by atoms with Crippen LogP contribution in [0.4, 0.5) is 0 Å². The van der Waals surface area contributed by atoms with Gasteiger partial charge in [-0.25, -0.2) is 4.98 Å². The SMILES string of the molecule is C#CC#Cc1cnc([C@@H]2CCCN2C(=O)[C@@H](C)C(C)C)[nH]1. The average Bonchev–Trinajstić information content (AvgIpc) is 3.11. The topological polar surface area (TPSA) is 49.0 Å². The zero-order valence-corrected chi connectivity index (χ0v) is 12.8. The molecule has 1 aromatic heterocycles. The Morgan fingerprint density at radius 3 is 2.95 bits per heavy atom. The fourth-order valence-corrected chi connectivity index (χ4v) is 2.53. The molecule has 1 aromatic rings. The zero-order valence-electron chi connectivity index (χ0n) is 12.8. The molecule has 2 rings (SSSR count). The summed E-state index contributed by atoms with van der Waals surface area (Å²) in [5.41, 5.74) is 0.694. The van der Waals surface area contributed by atoms with Crippen molar-refractivity contribution in [1.82, 2.24) is 14.9 Å².